The van der Waals surface area contributed by atoms with E-state index in [4.69, 9.17) is 14.6 Å². The third kappa shape index (κ3) is 3.76. The second-order valence-corrected chi connectivity index (χ2v) is 8.00. The number of nitrogens with zero attached hydrogens (tertiary/aromatic N) is 4. The van der Waals surface area contributed by atoms with E-state index in [0.717, 1.165) is 27.7 Å². The summed E-state index contributed by atoms with van der Waals surface area (Å²) in [6.45, 7) is 3.57. The molecule has 1 aliphatic rings. The quantitative estimate of drug-likeness (QED) is 0.673. The Morgan fingerprint density at radius 2 is 1.73 bits per heavy atom. The Kier molecular flexibility index (Phi) is 5.45. The number of hydrogen-bond acceptors (Lipinski definition) is 7. The maximum Gasteiger partial charge on any atom is 0.221 e. The molecule has 3 aromatic rings. The number of hydrogen-bond donors (Lipinski definition) is 1. The first kappa shape index (κ1) is 20.0. The molecule has 4 rings (SSSR count). The van der Waals surface area contributed by atoms with E-state index in [-0.39, 0.29) is 11.2 Å². The first-order valence-corrected chi connectivity index (χ1v) is 10.2. The summed E-state index contributed by atoms with van der Waals surface area (Å²) >= 11 is 1.60. The van der Waals surface area contributed by atoms with Crippen LogP contribution in [0.15, 0.2) is 52.7 Å². The summed E-state index contributed by atoms with van der Waals surface area (Å²) in [5.74, 6) is 1.78. The monoisotopic (exact) mass is 423 g/mol. The number of fused-ring (bicyclic) bond motifs is 1. The van der Waals surface area contributed by atoms with Crippen molar-refractivity contribution < 1.29 is 14.3 Å². The predicted molar refractivity (Wildman–Crippen MR) is 117 cm³/mol. The zero-order valence-electron chi connectivity index (χ0n) is 17.0. The van der Waals surface area contributed by atoms with E-state index in [2.05, 4.69) is 22.4 Å². The van der Waals surface area contributed by atoms with Crippen LogP contribution >= 0.6 is 11.8 Å². The molecule has 1 N–H and O–H groups in total. The lowest BCUT2D eigenvalue weighted by Gasteiger charge is -2.20. The fourth-order valence-electron chi connectivity index (χ4n) is 3.21. The zero-order valence-corrected chi connectivity index (χ0v) is 17.9. The van der Waals surface area contributed by atoms with Gasteiger partial charge in [0.25, 0.3) is 0 Å². The first-order chi connectivity index (χ1) is 14.5. The van der Waals surface area contributed by atoms with E-state index in [9.17, 15) is 4.79 Å². The van der Waals surface area contributed by atoms with Crippen molar-refractivity contribution in [3.05, 3.63) is 48.0 Å². The number of carbonyl (C=O) groups is 1. The van der Waals surface area contributed by atoms with Crippen LogP contribution in [-0.4, -0.2) is 46.0 Å². The standard InChI is InChI=1S/C21H21N5O3S/c1-12-19(14-5-8-16(9-6-14)22-13(2)27)25-26-20(23-24-21(26)30-12)15-7-10-17(28-3)18(11-15)29-4/h5-12H,1-4H3,(H,22,27)/t12-/m1/s1. The number of thioether (sulfide) groups is 1. The molecule has 1 aromatic heterocycles. The fourth-order valence-corrected chi connectivity index (χ4v) is 4.13. The molecule has 30 heavy (non-hydrogen) atoms. The molecule has 2 heterocycles. The SMILES string of the molecule is COc1ccc(-c2nnc3n2N=C(c2ccc(NC(C)=O)cc2)[C@@H](C)S3)cc1OC. The highest BCUT2D eigenvalue weighted by Crippen LogP contribution is 2.36. The van der Waals surface area contributed by atoms with E-state index < -0.39 is 0 Å². The summed E-state index contributed by atoms with van der Waals surface area (Å²) in [4.78, 5) is 11.2. The molecule has 1 aliphatic heterocycles. The summed E-state index contributed by atoms with van der Waals surface area (Å²) in [5.41, 5.74) is 3.45. The third-order valence-corrected chi connectivity index (χ3v) is 5.67. The second-order valence-electron chi connectivity index (χ2n) is 6.69. The summed E-state index contributed by atoms with van der Waals surface area (Å²) in [5, 5.41) is 17.1. The number of benzene rings is 2. The smallest absolute Gasteiger partial charge is 0.221 e. The average molecular weight is 423 g/mol. The number of aromatic nitrogens is 3. The molecule has 0 saturated heterocycles. The normalized spacial score (nSPS) is 15.2. The number of carbonyl (C=O) groups excluding carboxylic acids is 1. The molecule has 0 saturated carbocycles. The Morgan fingerprint density at radius 3 is 2.40 bits per heavy atom. The van der Waals surface area contributed by atoms with Gasteiger partial charge in [-0.25, -0.2) is 0 Å². The topological polar surface area (TPSA) is 90.6 Å². The minimum absolute atomic E-state index is 0.102. The van der Waals surface area contributed by atoms with Gasteiger partial charge in [-0.3, -0.25) is 4.79 Å². The van der Waals surface area contributed by atoms with E-state index in [1.165, 1.54) is 6.92 Å². The molecule has 2 aromatic carbocycles. The minimum atomic E-state index is -0.102. The van der Waals surface area contributed by atoms with Crippen molar-refractivity contribution in [2.75, 3.05) is 19.5 Å². The van der Waals surface area contributed by atoms with Gasteiger partial charge in [0.2, 0.25) is 11.1 Å². The molecule has 0 bridgehead atoms. The van der Waals surface area contributed by atoms with Gasteiger partial charge in [-0.2, -0.15) is 9.78 Å². The van der Waals surface area contributed by atoms with Crippen molar-refractivity contribution in [2.24, 2.45) is 5.10 Å². The number of ether oxygens (including phenoxy) is 2. The van der Waals surface area contributed by atoms with Crippen LogP contribution in [0.1, 0.15) is 19.4 Å². The molecule has 1 atom stereocenters. The van der Waals surface area contributed by atoms with Crippen molar-refractivity contribution in [3.63, 3.8) is 0 Å². The summed E-state index contributed by atoms with van der Waals surface area (Å²) in [6.07, 6.45) is 0. The maximum absolute atomic E-state index is 11.2. The Balaban J connectivity index is 1.72. The largest absolute Gasteiger partial charge is 0.493 e. The minimum Gasteiger partial charge on any atom is -0.493 e. The highest BCUT2D eigenvalue weighted by Gasteiger charge is 2.26. The number of rotatable bonds is 5. The molecule has 9 heteroatoms. The molecule has 1 amide bonds. The molecule has 8 nitrogen and oxygen atoms in total. The molecular weight excluding hydrogens is 402 g/mol. The van der Waals surface area contributed by atoms with Gasteiger partial charge in [-0.05, 0) is 42.8 Å². The number of anilines is 1. The summed E-state index contributed by atoms with van der Waals surface area (Å²) in [6, 6.07) is 13.2. The molecule has 154 valence electrons. The van der Waals surface area contributed by atoms with Crippen LogP contribution in [0.4, 0.5) is 5.69 Å². The molecule has 0 aliphatic carbocycles. The summed E-state index contributed by atoms with van der Waals surface area (Å²) in [7, 11) is 3.20. The van der Waals surface area contributed by atoms with Crippen LogP contribution in [0.3, 0.4) is 0 Å². The zero-order chi connectivity index (χ0) is 21.3. The van der Waals surface area contributed by atoms with E-state index >= 15 is 0 Å². The molecular formula is C21H21N5O3S. The van der Waals surface area contributed by atoms with Crippen molar-refractivity contribution in [1.29, 1.82) is 0 Å². The molecule has 0 spiro atoms. The molecule has 0 fully saturated rings. The Morgan fingerprint density at radius 1 is 1.03 bits per heavy atom. The number of amides is 1. The van der Waals surface area contributed by atoms with Crippen molar-refractivity contribution in [3.8, 4) is 22.9 Å². The van der Waals surface area contributed by atoms with Gasteiger partial charge in [0.05, 0.1) is 25.2 Å². The second kappa shape index (κ2) is 8.19. The maximum atomic E-state index is 11.2. The van der Waals surface area contributed by atoms with Gasteiger partial charge in [0, 0.05) is 18.2 Å². The van der Waals surface area contributed by atoms with Gasteiger partial charge in [-0.1, -0.05) is 23.9 Å². The highest BCUT2D eigenvalue weighted by atomic mass is 32.2. The lowest BCUT2D eigenvalue weighted by atomic mass is 10.1. The number of methoxy groups -OCH3 is 2. The Bertz CT molecular complexity index is 1120. The van der Waals surface area contributed by atoms with E-state index in [1.54, 1.807) is 30.7 Å². The molecule has 0 unspecified atom stereocenters. The highest BCUT2D eigenvalue weighted by molar-refractivity contribution is 8.00. The van der Waals surface area contributed by atoms with Crippen LogP contribution in [0.25, 0.3) is 11.4 Å². The van der Waals surface area contributed by atoms with Crippen molar-refractivity contribution in [1.82, 2.24) is 14.9 Å². The lowest BCUT2D eigenvalue weighted by Crippen LogP contribution is -2.21. The van der Waals surface area contributed by atoms with Gasteiger partial charge >= 0.3 is 0 Å². The van der Waals surface area contributed by atoms with Gasteiger partial charge in [0.1, 0.15) is 0 Å². The lowest BCUT2D eigenvalue weighted by molar-refractivity contribution is -0.114. The predicted octanol–water partition coefficient (Wildman–Crippen LogP) is 3.67. The Hall–Kier alpha value is -3.33. The fraction of sp³-hybridized carbons (Fsp3) is 0.238. The average Bonchev–Trinajstić information content (AvgIpc) is 3.15. The van der Waals surface area contributed by atoms with Crippen LogP contribution in [0, 0.1) is 0 Å². The third-order valence-electron chi connectivity index (χ3n) is 4.63. The summed E-state index contributed by atoms with van der Waals surface area (Å²) < 4.78 is 12.5. The van der Waals surface area contributed by atoms with Gasteiger partial charge in [-0.15, -0.1) is 10.2 Å². The van der Waals surface area contributed by atoms with Crippen LogP contribution in [-0.2, 0) is 4.79 Å². The van der Waals surface area contributed by atoms with Crippen LogP contribution in [0.5, 0.6) is 11.5 Å². The first-order valence-electron chi connectivity index (χ1n) is 9.31. The van der Waals surface area contributed by atoms with Crippen LogP contribution in [0.2, 0.25) is 0 Å². The van der Waals surface area contributed by atoms with Crippen molar-refractivity contribution in [2.45, 2.75) is 24.3 Å². The van der Waals surface area contributed by atoms with Crippen LogP contribution < -0.4 is 14.8 Å². The van der Waals surface area contributed by atoms with Gasteiger partial charge < -0.3 is 14.8 Å². The van der Waals surface area contributed by atoms with Gasteiger partial charge in [0.15, 0.2) is 17.3 Å². The number of nitrogens with one attached hydrogen (secondary N) is 1. The van der Waals surface area contributed by atoms with Crippen molar-refractivity contribution >= 4 is 29.1 Å². The molecule has 0 radical (unpaired) electrons. The van der Waals surface area contributed by atoms with E-state index in [1.807, 2.05) is 42.5 Å². The van der Waals surface area contributed by atoms with E-state index in [0.29, 0.717) is 17.3 Å². The Labute approximate surface area is 178 Å².